The van der Waals surface area contributed by atoms with Crippen molar-refractivity contribution in [2.45, 2.75) is 6.04 Å². The van der Waals surface area contributed by atoms with Crippen molar-refractivity contribution in [3.63, 3.8) is 0 Å². The van der Waals surface area contributed by atoms with E-state index in [1.54, 1.807) is 36.5 Å². The lowest BCUT2D eigenvalue weighted by Gasteiger charge is -2.22. The zero-order valence-electron chi connectivity index (χ0n) is 17.8. The molecule has 4 aromatic rings. The smallest absolute Gasteiger partial charge is 0.301 e. The molecule has 7 nitrogen and oxygen atoms in total. The Morgan fingerprint density at radius 1 is 1.26 bits per heavy atom. The van der Waals surface area contributed by atoms with Crippen molar-refractivity contribution in [3.05, 3.63) is 86.9 Å². The van der Waals surface area contributed by atoms with Gasteiger partial charge in [-0.25, -0.2) is 9.37 Å². The molecule has 11 heteroatoms. The van der Waals surface area contributed by atoms with Crippen molar-refractivity contribution in [1.82, 2.24) is 9.97 Å². The van der Waals surface area contributed by atoms with E-state index in [0.717, 1.165) is 11.3 Å². The van der Waals surface area contributed by atoms with Gasteiger partial charge in [0.25, 0.3) is 5.78 Å². The third-order valence-corrected chi connectivity index (χ3v) is 7.42. The first-order valence-electron chi connectivity index (χ1n) is 10.1. The average Bonchev–Trinajstić information content (AvgIpc) is 3.37. The highest BCUT2D eigenvalue weighted by molar-refractivity contribution is 9.10. The van der Waals surface area contributed by atoms with Crippen LogP contribution >= 0.6 is 38.9 Å². The third kappa shape index (κ3) is 3.97. The number of Topliss-reactive ketones (excluding diaryl/α,β-unsaturated/α-hetero) is 1. The summed E-state index contributed by atoms with van der Waals surface area (Å²) < 4.78 is 20.2. The molecule has 0 radical (unpaired) electrons. The van der Waals surface area contributed by atoms with Gasteiger partial charge in [-0.3, -0.25) is 19.5 Å². The molecule has 2 aromatic heterocycles. The Hall–Kier alpha value is -3.34. The minimum Gasteiger partial charge on any atom is -0.507 e. The van der Waals surface area contributed by atoms with E-state index in [9.17, 15) is 19.1 Å². The van der Waals surface area contributed by atoms with Gasteiger partial charge < -0.3 is 9.84 Å². The number of methoxy groups -OCH3 is 1. The summed E-state index contributed by atoms with van der Waals surface area (Å²) in [6.07, 6.45) is 3.06. The zero-order valence-corrected chi connectivity index (χ0v) is 21.0. The number of hydrogen-bond donors (Lipinski definition) is 1. The van der Waals surface area contributed by atoms with Crippen molar-refractivity contribution in [2.75, 3.05) is 12.0 Å². The number of amides is 1. The Morgan fingerprint density at radius 3 is 2.74 bits per heavy atom. The Morgan fingerprint density at radius 2 is 2.06 bits per heavy atom. The van der Waals surface area contributed by atoms with Gasteiger partial charge in [0.2, 0.25) is 0 Å². The number of aromatic nitrogens is 2. The molecule has 0 bridgehead atoms. The topological polar surface area (TPSA) is 92.6 Å². The van der Waals surface area contributed by atoms with E-state index < -0.39 is 23.5 Å². The molecule has 1 N–H and O–H groups in total. The molecule has 1 saturated heterocycles. The average molecular weight is 575 g/mol. The fourth-order valence-electron chi connectivity index (χ4n) is 3.87. The minimum absolute atomic E-state index is 0.106. The molecule has 2 aromatic carbocycles. The van der Waals surface area contributed by atoms with Gasteiger partial charge in [-0.2, -0.15) is 0 Å². The summed E-state index contributed by atoms with van der Waals surface area (Å²) in [6, 6.07) is 9.72. The number of anilines is 1. The number of pyridine rings is 1. The fraction of sp³-hybridized carbons (Fsp3) is 0.0833. The first-order valence-corrected chi connectivity index (χ1v) is 12.1. The Kier molecular flexibility index (Phi) is 6.04. The lowest BCUT2D eigenvalue weighted by Crippen LogP contribution is -2.29. The molecule has 35 heavy (non-hydrogen) atoms. The van der Waals surface area contributed by atoms with Crippen LogP contribution in [0.25, 0.3) is 16.0 Å². The van der Waals surface area contributed by atoms with E-state index in [1.165, 1.54) is 30.3 Å². The normalized spacial score (nSPS) is 17.4. The van der Waals surface area contributed by atoms with Crippen LogP contribution in [0.2, 0.25) is 5.02 Å². The maximum absolute atomic E-state index is 14.0. The molecule has 1 amide bonds. The highest BCUT2D eigenvalue weighted by atomic mass is 79.9. The number of ketones is 1. The number of aliphatic hydroxyl groups is 1. The predicted octanol–water partition coefficient (Wildman–Crippen LogP) is 5.88. The summed E-state index contributed by atoms with van der Waals surface area (Å²) in [5.41, 5.74) is 1.05. The van der Waals surface area contributed by atoms with Crippen LogP contribution in [0.15, 0.2) is 64.9 Å². The second-order valence-electron chi connectivity index (χ2n) is 7.54. The Balaban J connectivity index is 1.71. The number of ether oxygens (including phenoxy) is 1. The molecule has 1 fully saturated rings. The molecule has 0 saturated carbocycles. The molecule has 176 valence electrons. The first kappa shape index (κ1) is 23.4. The van der Waals surface area contributed by atoms with Crippen molar-refractivity contribution in [1.29, 1.82) is 0 Å². The third-order valence-electron chi connectivity index (χ3n) is 5.50. The molecule has 1 aliphatic heterocycles. The van der Waals surface area contributed by atoms with Crippen LogP contribution in [0.1, 0.15) is 17.2 Å². The van der Waals surface area contributed by atoms with Crippen molar-refractivity contribution in [2.24, 2.45) is 0 Å². The number of benzene rings is 2. The minimum atomic E-state index is -1.01. The standard InChI is InChI=1S/C24H14BrClFN3O4S/c1-34-17-5-4-11(7-13(17)25)21(31)19-20(12-3-2-6-28-10-12)30(23(33)22(19)32)24-29-16-8-14(26)15(27)9-18(16)35-24/h2-10,20,31H,1H3/b21-19+. The van der Waals surface area contributed by atoms with Gasteiger partial charge >= 0.3 is 5.91 Å². The number of nitrogens with zero attached hydrogens (tertiary/aromatic N) is 3. The van der Waals surface area contributed by atoms with Crippen molar-refractivity contribution < 1.29 is 23.8 Å². The second-order valence-corrected chi connectivity index (χ2v) is 9.81. The molecule has 0 spiro atoms. The molecular weight excluding hydrogens is 561 g/mol. The van der Waals surface area contributed by atoms with Crippen molar-refractivity contribution >= 4 is 71.7 Å². The number of thiazole rings is 1. The number of halogens is 3. The highest BCUT2D eigenvalue weighted by Crippen LogP contribution is 2.45. The molecule has 0 aliphatic carbocycles. The van der Waals surface area contributed by atoms with Crippen LogP contribution in [0.5, 0.6) is 5.75 Å². The van der Waals surface area contributed by atoms with E-state index in [4.69, 9.17) is 16.3 Å². The van der Waals surface area contributed by atoms with Crippen LogP contribution in [0.4, 0.5) is 9.52 Å². The van der Waals surface area contributed by atoms with Gasteiger partial charge in [0.1, 0.15) is 17.3 Å². The number of aliphatic hydroxyl groups excluding tert-OH is 1. The SMILES string of the molecule is COc1ccc(/C(O)=C2\C(=O)C(=O)N(c3nc4cc(Cl)c(F)cc4s3)C2c2cccnc2)cc1Br. The first-order chi connectivity index (χ1) is 16.8. The summed E-state index contributed by atoms with van der Waals surface area (Å²) in [4.78, 5) is 36.3. The van der Waals surface area contributed by atoms with Gasteiger partial charge in [0, 0.05) is 18.0 Å². The Bertz CT molecular complexity index is 1500. The Labute approximate surface area is 215 Å². The van der Waals surface area contributed by atoms with Crippen molar-refractivity contribution in [3.8, 4) is 5.75 Å². The van der Waals surface area contributed by atoms with E-state index in [2.05, 4.69) is 25.9 Å². The molecule has 1 aliphatic rings. The summed E-state index contributed by atoms with van der Waals surface area (Å²) >= 11 is 10.3. The van der Waals surface area contributed by atoms with Gasteiger partial charge in [0.15, 0.2) is 5.13 Å². The zero-order chi connectivity index (χ0) is 24.9. The summed E-state index contributed by atoms with van der Waals surface area (Å²) in [5.74, 6) is -2.21. The number of fused-ring (bicyclic) bond motifs is 1. The fourth-order valence-corrected chi connectivity index (χ4v) is 5.56. The maximum Gasteiger partial charge on any atom is 0.301 e. The van der Waals surface area contributed by atoms with E-state index >= 15 is 0 Å². The van der Waals surface area contributed by atoms with Crippen LogP contribution in [0.3, 0.4) is 0 Å². The van der Waals surface area contributed by atoms with E-state index in [0.29, 0.717) is 31.6 Å². The largest absolute Gasteiger partial charge is 0.507 e. The number of carbonyl (C=O) groups excluding carboxylic acids is 2. The summed E-state index contributed by atoms with van der Waals surface area (Å²) in [7, 11) is 1.50. The quantitative estimate of drug-likeness (QED) is 0.186. The number of rotatable bonds is 4. The molecular formula is C24H14BrClFN3O4S. The highest BCUT2D eigenvalue weighted by Gasteiger charge is 2.48. The van der Waals surface area contributed by atoms with Crippen LogP contribution in [-0.2, 0) is 9.59 Å². The van der Waals surface area contributed by atoms with Gasteiger partial charge in [-0.1, -0.05) is 29.0 Å². The van der Waals surface area contributed by atoms with Gasteiger partial charge in [-0.05, 0) is 57.9 Å². The summed E-state index contributed by atoms with van der Waals surface area (Å²) in [5, 5.41) is 11.3. The van der Waals surface area contributed by atoms with Crippen LogP contribution < -0.4 is 9.64 Å². The molecule has 1 unspecified atom stereocenters. The lowest BCUT2D eigenvalue weighted by molar-refractivity contribution is -0.132. The van der Waals surface area contributed by atoms with Gasteiger partial charge in [0.05, 0.1) is 38.4 Å². The summed E-state index contributed by atoms with van der Waals surface area (Å²) in [6.45, 7) is 0. The van der Waals surface area contributed by atoms with Gasteiger partial charge in [-0.15, -0.1) is 0 Å². The molecule has 5 rings (SSSR count). The lowest BCUT2D eigenvalue weighted by atomic mass is 9.96. The molecule has 1 atom stereocenters. The van der Waals surface area contributed by atoms with E-state index in [1.807, 2.05) is 0 Å². The molecule has 3 heterocycles. The van der Waals surface area contributed by atoms with Crippen LogP contribution in [-0.4, -0.2) is 33.9 Å². The monoisotopic (exact) mass is 573 g/mol. The van der Waals surface area contributed by atoms with Crippen LogP contribution in [0, 0.1) is 5.82 Å². The predicted molar refractivity (Wildman–Crippen MR) is 134 cm³/mol. The van der Waals surface area contributed by atoms with E-state index in [-0.39, 0.29) is 21.5 Å². The number of hydrogen-bond acceptors (Lipinski definition) is 7. The maximum atomic E-state index is 14.0. The second kappa shape index (κ2) is 9.03. The number of carbonyl (C=O) groups is 2.